The summed E-state index contributed by atoms with van der Waals surface area (Å²) < 4.78 is 5.56. The summed E-state index contributed by atoms with van der Waals surface area (Å²) in [5.74, 6) is 1.16. The average molecular weight is 395 g/mol. The number of carbonyl (C=O) groups excluding carboxylic acids is 1. The Bertz CT molecular complexity index is 1000. The van der Waals surface area contributed by atoms with E-state index >= 15 is 0 Å². The average Bonchev–Trinajstić information content (AvgIpc) is 2.68. The van der Waals surface area contributed by atoms with E-state index in [4.69, 9.17) is 9.72 Å². The van der Waals surface area contributed by atoms with Crippen molar-refractivity contribution in [2.45, 2.75) is 39.1 Å². The Hall–Kier alpha value is -2.53. The highest BCUT2D eigenvalue weighted by Crippen LogP contribution is 2.27. The Kier molecular flexibility index (Phi) is 6.57. The summed E-state index contributed by atoms with van der Waals surface area (Å²) >= 11 is 1.47. The third-order valence-corrected chi connectivity index (χ3v) is 5.68. The van der Waals surface area contributed by atoms with Crippen molar-refractivity contribution in [1.29, 1.82) is 0 Å². The topological polar surface area (TPSA) is 51.2 Å². The van der Waals surface area contributed by atoms with Crippen LogP contribution in [0.5, 0.6) is 5.75 Å². The van der Waals surface area contributed by atoms with Crippen LogP contribution in [-0.4, -0.2) is 23.3 Å². The van der Waals surface area contributed by atoms with Crippen LogP contribution >= 0.6 is 11.8 Å². The number of thioether (sulfide) groups is 1. The molecular formula is C23H26N2O2S. The molecule has 0 radical (unpaired) electrons. The number of hydrogen-bond donors (Lipinski definition) is 1. The van der Waals surface area contributed by atoms with Crippen LogP contribution < -0.4 is 10.1 Å². The zero-order valence-electron chi connectivity index (χ0n) is 16.8. The molecule has 0 atom stereocenters. The van der Waals surface area contributed by atoms with Gasteiger partial charge in [-0.05, 0) is 68.1 Å². The van der Waals surface area contributed by atoms with Gasteiger partial charge in [-0.15, -0.1) is 0 Å². The monoisotopic (exact) mass is 394 g/mol. The summed E-state index contributed by atoms with van der Waals surface area (Å²) in [6, 6.07) is 14.1. The molecule has 0 aliphatic carbocycles. The zero-order chi connectivity index (χ0) is 20.1. The minimum Gasteiger partial charge on any atom is -0.494 e. The number of ether oxygens (including phenoxy) is 1. The van der Waals surface area contributed by atoms with Gasteiger partial charge in [0.15, 0.2) is 0 Å². The maximum atomic E-state index is 12.5. The molecule has 0 unspecified atom stereocenters. The number of amides is 1. The molecule has 0 aliphatic heterocycles. The van der Waals surface area contributed by atoms with Gasteiger partial charge in [0.25, 0.3) is 0 Å². The SMILES string of the molecule is CCOc1ccc2nc(SCC(=O)Nc3c(C)cccc3CC)c(C)cc2c1. The number of fused-ring (bicyclic) bond motifs is 1. The van der Waals surface area contributed by atoms with Crippen LogP contribution in [0, 0.1) is 13.8 Å². The number of nitrogens with zero attached hydrogens (tertiary/aromatic N) is 1. The summed E-state index contributed by atoms with van der Waals surface area (Å²) in [6.07, 6.45) is 0.888. The molecule has 5 heteroatoms. The van der Waals surface area contributed by atoms with Crippen molar-refractivity contribution in [3.63, 3.8) is 0 Å². The lowest BCUT2D eigenvalue weighted by Gasteiger charge is -2.13. The lowest BCUT2D eigenvalue weighted by atomic mass is 10.1. The predicted octanol–water partition coefficient (Wildman–Crippen LogP) is 5.54. The molecule has 0 bridgehead atoms. The van der Waals surface area contributed by atoms with Gasteiger partial charge in [-0.2, -0.15) is 0 Å². The maximum absolute atomic E-state index is 12.5. The number of benzene rings is 2. The minimum atomic E-state index is -0.0120. The van der Waals surface area contributed by atoms with E-state index in [1.165, 1.54) is 11.8 Å². The summed E-state index contributed by atoms with van der Waals surface area (Å²) in [5.41, 5.74) is 5.14. The lowest BCUT2D eigenvalue weighted by molar-refractivity contribution is -0.113. The lowest BCUT2D eigenvalue weighted by Crippen LogP contribution is -2.16. The van der Waals surface area contributed by atoms with Gasteiger partial charge in [0.1, 0.15) is 10.8 Å². The summed E-state index contributed by atoms with van der Waals surface area (Å²) in [4.78, 5) is 17.3. The van der Waals surface area contributed by atoms with E-state index < -0.39 is 0 Å². The molecule has 1 aromatic heterocycles. The second-order valence-electron chi connectivity index (χ2n) is 6.70. The van der Waals surface area contributed by atoms with Gasteiger partial charge >= 0.3 is 0 Å². The Morgan fingerprint density at radius 3 is 2.68 bits per heavy atom. The van der Waals surface area contributed by atoms with E-state index in [2.05, 4.69) is 24.4 Å². The van der Waals surface area contributed by atoms with E-state index in [0.29, 0.717) is 12.4 Å². The first kappa shape index (κ1) is 20.2. The molecule has 1 amide bonds. The molecule has 28 heavy (non-hydrogen) atoms. The van der Waals surface area contributed by atoms with Crippen molar-refractivity contribution in [3.8, 4) is 5.75 Å². The van der Waals surface area contributed by atoms with Crippen molar-refractivity contribution in [2.24, 2.45) is 0 Å². The van der Waals surface area contributed by atoms with E-state index in [1.807, 2.05) is 51.1 Å². The van der Waals surface area contributed by atoms with E-state index in [0.717, 1.165) is 50.5 Å². The van der Waals surface area contributed by atoms with Gasteiger partial charge in [-0.1, -0.05) is 36.9 Å². The number of rotatable bonds is 7. The second-order valence-corrected chi connectivity index (χ2v) is 7.66. The van der Waals surface area contributed by atoms with Crippen LogP contribution in [0.15, 0.2) is 47.5 Å². The highest BCUT2D eigenvalue weighted by Gasteiger charge is 2.11. The van der Waals surface area contributed by atoms with Gasteiger partial charge in [0, 0.05) is 11.1 Å². The first-order chi connectivity index (χ1) is 13.5. The molecule has 0 spiro atoms. The molecule has 1 N–H and O–H groups in total. The summed E-state index contributed by atoms with van der Waals surface area (Å²) in [6.45, 7) is 8.75. The Labute approximate surface area is 170 Å². The molecular weight excluding hydrogens is 368 g/mol. The van der Waals surface area contributed by atoms with Crippen LogP contribution in [0.2, 0.25) is 0 Å². The Morgan fingerprint density at radius 1 is 1.11 bits per heavy atom. The maximum Gasteiger partial charge on any atom is 0.234 e. The highest BCUT2D eigenvalue weighted by atomic mass is 32.2. The number of hydrogen-bond acceptors (Lipinski definition) is 4. The van der Waals surface area contributed by atoms with Crippen molar-refractivity contribution in [2.75, 3.05) is 17.7 Å². The van der Waals surface area contributed by atoms with Crippen LogP contribution in [0.1, 0.15) is 30.5 Å². The van der Waals surface area contributed by atoms with E-state index in [9.17, 15) is 4.79 Å². The molecule has 3 rings (SSSR count). The quantitative estimate of drug-likeness (QED) is 0.534. The molecule has 2 aromatic carbocycles. The summed E-state index contributed by atoms with van der Waals surface area (Å²) in [7, 11) is 0. The highest BCUT2D eigenvalue weighted by molar-refractivity contribution is 8.00. The molecule has 1 heterocycles. The fraction of sp³-hybridized carbons (Fsp3) is 0.304. The normalized spacial score (nSPS) is 10.9. The van der Waals surface area contributed by atoms with E-state index in [-0.39, 0.29) is 5.91 Å². The van der Waals surface area contributed by atoms with Crippen LogP contribution in [-0.2, 0) is 11.2 Å². The smallest absolute Gasteiger partial charge is 0.234 e. The molecule has 0 saturated carbocycles. The largest absolute Gasteiger partial charge is 0.494 e. The van der Waals surface area contributed by atoms with Gasteiger partial charge in [0.05, 0.1) is 17.9 Å². The fourth-order valence-electron chi connectivity index (χ4n) is 3.16. The van der Waals surface area contributed by atoms with Crippen LogP contribution in [0.3, 0.4) is 0 Å². The van der Waals surface area contributed by atoms with Gasteiger partial charge < -0.3 is 10.1 Å². The number of anilines is 1. The van der Waals surface area contributed by atoms with Crippen LogP contribution in [0.4, 0.5) is 5.69 Å². The number of nitrogens with one attached hydrogen (secondary N) is 1. The predicted molar refractivity (Wildman–Crippen MR) is 118 cm³/mol. The summed E-state index contributed by atoms with van der Waals surface area (Å²) in [5, 5.41) is 5.00. The molecule has 0 saturated heterocycles. The second kappa shape index (κ2) is 9.11. The first-order valence-electron chi connectivity index (χ1n) is 9.57. The minimum absolute atomic E-state index is 0.0120. The number of aromatic nitrogens is 1. The molecule has 3 aromatic rings. The number of carbonyl (C=O) groups is 1. The number of para-hydroxylation sites is 1. The fourth-order valence-corrected chi connectivity index (χ4v) is 3.95. The standard InChI is InChI=1S/C23H26N2O2S/c1-5-17-9-7-8-15(3)22(17)25-21(26)14-28-23-16(4)12-18-13-19(27-6-2)10-11-20(18)24-23/h7-13H,5-6,14H2,1-4H3,(H,25,26). The van der Waals surface area contributed by atoms with E-state index in [1.54, 1.807) is 0 Å². The van der Waals surface area contributed by atoms with Crippen molar-refractivity contribution < 1.29 is 9.53 Å². The molecule has 0 fully saturated rings. The van der Waals surface area contributed by atoms with Gasteiger partial charge in [0.2, 0.25) is 5.91 Å². The van der Waals surface area contributed by atoms with Crippen molar-refractivity contribution in [3.05, 3.63) is 59.2 Å². The first-order valence-corrected chi connectivity index (χ1v) is 10.6. The third-order valence-electron chi connectivity index (χ3n) is 4.59. The van der Waals surface area contributed by atoms with Crippen molar-refractivity contribution in [1.82, 2.24) is 4.98 Å². The molecule has 0 aliphatic rings. The Morgan fingerprint density at radius 2 is 1.93 bits per heavy atom. The molecule has 146 valence electrons. The molecule has 4 nitrogen and oxygen atoms in total. The van der Waals surface area contributed by atoms with Gasteiger partial charge in [-0.3, -0.25) is 4.79 Å². The van der Waals surface area contributed by atoms with Crippen molar-refractivity contribution >= 4 is 34.3 Å². The third kappa shape index (κ3) is 4.65. The number of pyridine rings is 1. The number of aryl methyl sites for hydroxylation is 3. The Balaban J connectivity index is 1.72. The zero-order valence-corrected chi connectivity index (χ0v) is 17.7. The van der Waals surface area contributed by atoms with Gasteiger partial charge in [-0.25, -0.2) is 4.98 Å². The van der Waals surface area contributed by atoms with Crippen LogP contribution in [0.25, 0.3) is 10.9 Å².